The summed E-state index contributed by atoms with van der Waals surface area (Å²) < 4.78 is 13.4. The number of benzene rings is 2. The predicted octanol–water partition coefficient (Wildman–Crippen LogP) is 2.70. The monoisotopic (exact) mass is 475 g/mol. The lowest BCUT2D eigenvalue weighted by Crippen LogP contribution is -2.32. The minimum atomic E-state index is -0.504. The first kappa shape index (κ1) is 24.9. The maximum absolute atomic E-state index is 13.4. The molecule has 33 heavy (non-hydrogen) atoms. The Labute approximate surface area is 196 Å². The van der Waals surface area contributed by atoms with E-state index in [0.29, 0.717) is 41.5 Å². The van der Waals surface area contributed by atoms with Gasteiger partial charge in [0.05, 0.1) is 13.2 Å². The summed E-state index contributed by atoms with van der Waals surface area (Å²) in [7, 11) is 0. The van der Waals surface area contributed by atoms with Gasteiger partial charge in [0.15, 0.2) is 0 Å². The molecule has 0 saturated heterocycles. The number of nitrogens with zero attached hydrogens (tertiary/aromatic N) is 1. The number of aryl methyl sites for hydroxylation is 1. The van der Waals surface area contributed by atoms with E-state index < -0.39 is 11.7 Å². The first-order valence-corrected chi connectivity index (χ1v) is 11.0. The van der Waals surface area contributed by atoms with Gasteiger partial charge in [-0.3, -0.25) is 14.5 Å². The van der Waals surface area contributed by atoms with Crippen molar-refractivity contribution in [3.8, 4) is 0 Å². The van der Waals surface area contributed by atoms with E-state index in [1.54, 1.807) is 24.3 Å². The highest BCUT2D eigenvalue weighted by atomic mass is 35.5. The summed E-state index contributed by atoms with van der Waals surface area (Å²) in [5.41, 5.74) is 3.08. The van der Waals surface area contributed by atoms with Crippen LogP contribution in [0.5, 0.6) is 0 Å². The van der Waals surface area contributed by atoms with Crippen LogP contribution in [0.4, 0.5) is 10.1 Å². The molecular formula is C24H27ClFN3O4. The molecule has 1 aliphatic rings. The normalized spacial score (nSPS) is 15.9. The summed E-state index contributed by atoms with van der Waals surface area (Å²) in [5, 5.41) is 24.5. The number of nitrogens with one attached hydrogen (secondary N) is 2. The van der Waals surface area contributed by atoms with Gasteiger partial charge < -0.3 is 20.8 Å². The summed E-state index contributed by atoms with van der Waals surface area (Å²) in [6.07, 6.45) is 1.47. The molecule has 9 heteroatoms. The van der Waals surface area contributed by atoms with Crippen LogP contribution in [-0.4, -0.2) is 53.2 Å². The Morgan fingerprint density at radius 1 is 1.21 bits per heavy atom. The van der Waals surface area contributed by atoms with Crippen molar-refractivity contribution < 1.29 is 24.2 Å². The third kappa shape index (κ3) is 6.39. The number of carbonyl (C=O) groups is 2. The Hall–Kier alpha value is -2.78. The van der Waals surface area contributed by atoms with E-state index in [0.717, 1.165) is 11.1 Å². The highest BCUT2D eigenvalue weighted by molar-refractivity contribution is 6.31. The van der Waals surface area contributed by atoms with Gasteiger partial charge in [-0.2, -0.15) is 0 Å². The average Bonchev–Trinajstić information content (AvgIpc) is 2.77. The number of aliphatic hydroxyl groups excluding tert-OH is 2. The molecule has 1 unspecified atom stereocenters. The molecule has 1 atom stereocenters. The lowest BCUT2D eigenvalue weighted by atomic mass is 9.86. The van der Waals surface area contributed by atoms with Gasteiger partial charge in [0.2, 0.25) is 5.91 Å². The van der Waals surface area contributed by atoms with Crippen LogP contribution in [0, 0.1) is 12.7 Å². The topological polar surface area (TPSA) is 102 Å². The fourth-order valence-electron chi connectivity index (χ4n) is 3.79. The van der Waals surface area contributed by atoms with Crippen molar-refractivity contribution in [3.05, 3.63) is 75.7 Å². The zero-order valence-corrected chi connectivity index (χ0v) is 19.0. The molecule has 2 aromatic carbocycles. The summed E-state index contributed by atoms with van der Waals surface area (Å²) in [5.74, 6) is -1.51. The van der Waals surface area contributed by atoms with Gasteiger partial charge in [0, 0.05) is 54.5 Å². The van der Waals surface area contributed by atoms with Crippen molar-refractivity contribution in [1.29, 1.82) is 0 Å². The first-order chi connectivity index (χ1) is 15.8. The lowest BCUT2D eigenvalue weighted by Gasteiger charge is -2.25. The van der Waals surface area contributed by atoms with Gasteiger partial charge >= 0.3 is 0 Å². The molecule has 0 spiro atoms. The molecular weight excluding hydrogens is 449 g/mol. The van der Waals surface area contributed by atoms with Crippen LogP contribution in [0.15, 0.2) is 48.2 Å². The van der Waals surface area contributed by atoms with Crippen molar-refractivity contribution >= 4 is 29.1 Å². The zero-order valence-electron chi connectivity index (χ0n) is 18.3. The van der Waals surface area contributed by atoms with E-state index in [2.05, 4.69) is 10.6 Å². The first-order valence-electron chi connectivity index (χ1n) is 10.6. The molecule has 1 heterocycles. The number of amides is 2. The summed E-state index contributed by atoms with van der Waals surface area (Å²) in [6.45, 7) is 2.84. The molecule has 0 aliphatic carbocycles. The van der Waals surface area contributed by atoms with Crippen LogP contribution in [-0.2, 0) is 16.1 Å². The van der Waals surface area contributed by atoms with E-state index >= 15 is 0 Å². The van der Waals surface area contributed by atoms with Crippen LogP contribution in [0.1, 0.15) is 29.0 Å². The summed E-state index contributed by atoms with van der Waals surface area (Å²) in [6, 6.07) is 9.27. The summed E-state index contributed by atoms with van der Waals surface area (Å²) >= 11 is 6.41. The van der Waals surface area contributed by atoms with Crippen LogP contribution < -0.4 is 10.6 Å². The molecule has 0 aromatic heterocycles. The fourth-order valence-corrected chi connectivity index (χ4v) is 4.07. The number of halogens is 2. The highest BCUT2D eigenvalue weighted by Gasteiger charge is 2.29. The maximum Gasteiger partial charge on any atom is 0.253 e. The smallest absolute Gasteiger partial charge is 0.253 e. The molecule has 2 aromatic rings. The Morgan fingerprint density at radius 3 is 2.52 bits per heavy atom. The van der Waals surface area contributed by atoms with E-state index in [4.69, 9.17) is 11.6 Å². The highest BCUT2D eigenvalue weighted by Crippen LogP contribution is 2.32. The molecule has 3 rings (SSSR count). The number of hydrogen-bond acceptors (Lipinski definition) is 5. The van der Waals surface area contributed by atoms with Crippen LogP contribution in [0.25, 0.3) is 0 Å². The van der Waals surface area contributed by atoms with Gasteiger partial charge in [-0.1, -0.05) is 23.7 Å². The number of aliphatic hydroxyl groups is 2. The number of anilines is 1. The molecule has 2 amide bonds. The van der Waals surface area contributed by atoms with E-state index in [1.165, 1.54) is 18.3 Å². The molecule has 0 fully saturated rings. The van der Waals surface area contributed by atoms with Crippen molar-refractivity contribution in [2.24, 2.45) is 0 Å². The molecule has 176 valence electrons. The van der Waals surface area contributed by atoms with Gasteiger partial charge in [-0.25, -0.2) is 4.39 Å². The number of hydrogen-bond donors (Lipinski definition) is 4. The maximum atomic E-state index is 13.4. The van der Waals surface area contributed by atoms with Crippen molar-refractivity contribution in [3.63, 3.8) is 0 Å². The van der Waals surface area contributed by atoms with Gasteiger partial charge in [0.25, 0.3) is 5.91 Å². The van der Waals surface area contributed by atoms with Crippen molar-refractivity contribution in [2.45, 2.75) is 25.8 Å². The zero-order chi connectivity index (χ0) is 24.0. The fraction of sp³-hybridized carbons (Fsp3) is 0.333. The molecule has 0 radical (unpaired) electrons. The number of carbonyl (C=O) groups excluding carboxylic acids is 2. The van der Waals surface area contributed by atoms with Gasteiger partial charge in [0.1, 0.15) is 5.82 Å². The van der Waals surface area contributed by atoms with Crippen LogP contribution in [0.3, 0.4) is 0 Å². The van der Waals surface area contributed by atoms with Gasteiger partial charge in [-0.15, -0.1) is 0 Å². The average molecular weight is 476 g/mol. The minimum absolute atomic E-state index is 0.0578. The largest absolute Gasteiger partial charge is 0.395 e. The van der Waals surface area contributed by atoms with Crippen LogP contribution in [0.2, 0.25) is 5.02 Å². The molecule has 4 N–H and O–H groups in total. The molecule has 0 saturated carbocycles. The Bertz CT molecular complexity index is 1040. The third-order valence-corrected chi connectivity index (χ3v) is 5.91. The SMILES string of the molecule is Cc1cc(Cl)c(CN(CCO)CCO)cc1NC(=O)C1=CNC(=O)CC1c1ccc(F)cc1. The second kappa shape index (κ2) is 11.4. The molecule has 1 aliphatic heterocycles. The second-order valence-corrected chi connectivity index (χ2v) is 8.32. The van der Waals surface area contributed by atoms with Crippen molar-refractivity contribution in [1.82, 2.24) is 10.2 Å². The standard InChI is InChI=1S/C24H27ClFN3O4/c1-15-10-21(25)17(14-29(6-8-30)7-9-31)11-22(15)28-24(33)20-13-27-23(32)12-19(20)16-2-4-18(26)5-3-16/h2-5,10-11,13,19,30-31H,6-9,12,14H2,1H3,(H,27,32)(H,28,33). The van der Waals surface area contributed by atoms with Gasteiger partial charge in [-0.05, 0) is 47.9 Å². The molecule has 0 bridgehead atoms. The Kier molecular flexibility index (Phi) is 8.57. The Morgan fingerprint density at radius 2 is 1.88 bits per heavy atom. The Balaban J connectivity index is 1.84. The van der Waals surface area contributed by atoms with E-state index in [9.17, 15) is 24.2 Å². The lowest BCUT2D eigenvalue weighted by molar-refractivity contribution is -0.121. The van der Waals surface area contributed by atoms with Crippen molar-refractivity contribution in [2.75, 3.05) is 31.6 Å². The minimum Gasteiger partial charge on any atom is -0.395 e. The van der Waals surface area contributed by atoms with Crippen LogP contribution >= 0.6 is 11.6 Å². The summed E-state index contributed by atoms with van der Waals surface area (Å²) in [4.78, 5) is 27.0. The quantitative estimate of drug-likeness (QED) is 0.446. The molecule has 7 nitrogen and oxygen atoms in total. The third-order valence-electron chi connectivity index (χ3n) is 5.56. The second-order valence-electron chi connectivity index (χ2n) is 7.91. The number of rotatable bonds is 9. The predicted molar refractivity (Wildman–Crippen MR) is 124 cm³/mol. The van der Waals surface area contributed by atoms with E-state index in [1.807, 2.05) is 11.8 Å². The van der Waals surface area contributed by atoms with E-state index in [-0.39, 0.29) is 31.4 Å².